The number of nitrogen functional groups attached to an aromatic ring is 1. The lowest BCUT2D eigenvalue weighted by Gasteiger charge is -2.30. The van der Waals surface area contributed by atoms with Gasteiger partial charge >= 0.3 is 0 Å². The van der Waals surface area contributed by atoms with Gasteiger partial charge in [0, 0.05) is 12.2 Å². The van der Waals surface area contributed by atoms with Crippen molar-refractivity contribution >= 4 is 17.6 Å². The molecule has 1 saturated heterocycles. The minimum atomic E-state index is -0.615. The Kier molecular flexibility index (Phi) is 7.41. The second-order valence-electron chi connectivity index (χ2n) is 8.02. The number of hydrogen-bond acceptors (Lipinski definition) is 5. The second kappa shape index (κ2) is 10.2. The third-order valence-electron chi connectivity index (χ3n) is 5.62. The number of piperidine rings is 1. The minimum absolute atomic E-state index is 0.124. The zero-order chi connectivity index (χ0) is 21.5. The summed E-state index contributed by atoms with van der Waals surface area (Å²) in [7, 11) is 0. The highest BCUT2D eigenvalue weighted by atomic mass is 16.2. The standard InChI is InChI=1S/C23H31N5O2/c1-15-19(8-9-21(24)27-15)14-26-22(29)16(2)28-23(30)20-13-18(10-11-25-20)12-17-6-4-3-5-7-17/h3-9,16,18,20,25H,10-14H2,1-2H3,(H2,24,27)(H,26,29)(H,28,30)/t16-,18-,20-/m0/s1. The van der Waals surface area contributed by atoms with E-state index in [1.54, 1.807) is 13.0 Å². The topological polar surface area (TPSA) is 109 Å². The highest BCUT2D eigenvalue weighted by molar-refractivity contribution is 5.89. The molecule has 1 aliphatic heterocycles. The molecule has 2 aromatic rings. The number of anilines is 1. The third-order valence-corrected chi connectivity index (χ3v) is 5.62. The molecule has 2 amide bonds. The smallest absolute Gasteiger partial charge is 0.242 e. The van der Waals surface area contributed by atoms with Crippen LogP contribution in [0.4, 0.5) is 5.82 Å². The van der Waals surface area contributed by atoms with Crippen LogP contribution in [0.2, 0.25) is 0 Å². The maximum Gasteiger partial charge on any atom is 0.242 e. The van der Waals surface area contributed by atoms with Crippen LogP contribution in [-0.4, -0.2) is 35.4 Å². The molecule has 1 aromatic carbocycles. The van der Waals surface area contributed by atoms with Crippen LogP contribution >= 0.6 is 0 Å². The fourth-order valence-electron chi connectivity index (χ4n) is 3.84. The van der Waals surface area contributed by atoms with Gasteiger partial charge in [-0.1, -0.05) is 36.4 Å². The average molecular weight is 410 g/mol. The summed E-state index contributed by atoms with van der Waals surface area (Å²) in [6.07, 6.45) is 2.78. The number of aryl methyl sites for hydroxylation is 1. The van der Waals surface area contributed by atoms with Crippen LogP contribution in [-0.2, 0) is 22.6 Å². The fourth-order valence-corrected chi connectivity index (χ4v) is 3.84. The van der Waals surface area contributed by atoms with Crippen LogP contribution in [0.25, 0.3) is 0 Å². The van der Waals surface area contributed by atoms with Crippen molar-refractivity contribution in [2.24, 2.45) is 5.92 Å². The lowest BCUT2D eigenvalue weighted by atomic mass is 9.87. The van der Waals surface area contributed by atoms with E-state index >= 15 is 0 Å². The van der Waals surface area contributed by atoms with Gasteiger partial charge in [-0.15, -0.1) is 0 Å². The summed E-state index contributed by atoms with van der Waals surface area (Å²) in [6.45, 7) is 4.70. The Bertz CT molecular complexity index is 871. The first-order valence-corrected chi connectivity index (χ1v) is 10.5. The van der Waals surface area contributed by atoms with Gasteiger partial charge in [0.05, 0.1) is 6.04 Å². The van der Waals surface area contributed by atoms with E-state index in [1.807, 2.05) is 31.2 Å². The van der Waals surface area contributed by atoms with E-state index in [9.17, 15) is 9.59 Å². The summed E-state index contributed by atoms with van der Waals surface area (Å²) in [5.74, 6) is 0.556. The fraction of sp³-hybridized carbons (Fsp3) is 0.435. The molecule has 1 aliphatic rings. The number of amides is 2. The van der Waals surface area contributed by atoms with Gasteiger partial charge in [-0.05, 0) is 62.8 Å². The maximum absolute atomic E-state index is 12.7. The van der Waals surface area contributed by atoms with Gasteiger partial charge in [0.15, 0.2) is 0 Å². The minimum Gasteiger partial charge on any atom is -0.384 e. The molecule has 2 heterocycles. The Morgan fingerprint density at radius 1 is 1.23 bits per heavy atom. The molecular formula is C23H31N5O2. The lowest BCUT2D eigenvalue weighted by molar-refractivity contribution is -0.130. The molecule has 0 aliphatic carbocycles. The first kappa shape index (κ1) is 21.8. The Labute approximate surface area is 177 Å². The number of aromatic nitrogens is 1. The van der Waals surface area contributed by atoms with Crippen molar-refractivity contribution in [3.8, 4) is 0 Å². The van der Waals surface area contributed by atoms with Crippen LogP contribution in [0.3, 0.4) is 0 Å². The molecule has 160 valence electrons. The van der Waals surface area contributed by atoms with Crippen molar-refractivity contribution in [2.75, 3.05) is 12.3 Å². The summed E-state index contributed by atoms with van der Waals surface area (Å²) in [5, 5.41) is 8.98. The largest absolute Gasteiger partial charge is 0.384 e. The van der Waals surface area contributed by atoms with Gasteiger partial charge < -0.3 is 21.7 Å². The maximum atomic E-state index is 12.7. The first-order chi connectivity index (χ1) is 14.4. The second-order valence-corrected chi connectivity index (χ2v) is 8.02. The Morgan fingerprint density at radius 2 is 2.00 bits per heavy atom. The number of pyridine rings is 1. The number of rotatable bonds is 7. The van der Waals surface area contributed by atoms with Crippen molar-refractivity contribution in [1.29, 1.82) is 0 Å². The van der Waals surface area contributed by atoms with Crippen LogP contribution < -0.4 is 21.7 Å². The quantitative estimate of drug-likeness (QED) is 0.557. The molecule has 0 unspecified atom stereocenters. The molecule has 3 atom stereocenters. The van der Waals surface area contributed by atoms with Crippen molar-refractivity contribution in [3.63, 3.8) is 0 Å². The van der Waals surface area contributed by atoms with Crippen LogP contribution in [0.5, 0.6) is 0 Å². The van der Waals surface area contributed by atoms with E-state index in [0.29, 0.717) is 18.3 Å². The van der Waals surface area contributed by atoms with E-state index < -0.39 is 6.04 Å². The molecular weight excluding hydrogens is 378 g/mol. The van der Waals surface area contributed by atoms with Crippen LogP contribution in [0.1, 0.15) is 36.6 Å². The predicted molar refractivity (Wildman–Crippen MR) is 117 cm³/mol. The van der Waals surface area contributed by atoms with E-state index in [-0.39, 0.29) is 17.9 Å². The average Bonchev–Trinajstić information content (AvgIpc) is 2.73. The number of benzene rings is 1. The molecule has 7 heteroatoms. The number of carbonyl (C=O) groups is 2. The van der Waals surface area contributed by atoms with Gasteiger partial charge in [0.1, 0.15) is 11.9 Å². The molecule has 30 heavy (non-hydrogen) atoms. The van der Waals surface area contributed by atoms with Gasteiger partial charge in [-0.3, -0.25) is 9.59 Å². The zero-order valence-corrected chi connectivity index (χ0v) is 17.7. The normalized spacial score (nSPS) is 19.7. The summed E-state index contributed by atoms with van der Waals surface area (Å²) in [6, 6.07) is 13.0. The van der Waals surface area contributed by atoms with Gasteiger partial charge in [-0.2, -0.15) is 0 Å². The summed E-state index contributed by atoms with van der Waals surface area (Å²) < 4.78 is 0. The first-order valence-electron chi connectivity index (χ1n) is 10.5. The molecule has 0 spiro atoms. The SMILES string of the molecule is Cc1nc(N)ccc1CNC(=O)[C@H](C)NC(=O)[C@@H]1C[C@H](Cc2ccccc2)CCN1. The molecule has 0 radical (unpaired) electrons. The monoisotopic (exact) mass is 409 g/mol. The van der Waals surface area contributed by atoms with Crippen molar-refractivity contribution in [2.45, 2.75) is 51.7 Å². The zero-order valence-electron chi connectivity index (χ0n) is 17.7. The molecule has 7 nitrogen and oxygen atoms in total. The molecule has 3 rings (SSSR count). The van der Waals surface area contributed by atoms with E-state index in [0.717, 1.165) is 37.1 Å². The third kappa shape index (κ3) is 6.03. The molecule has 0 saturated carbocycles. The number of hydrogen-bond donors (Lipinski definition) is 4. The summed E-state index contributed by atoms with van der Waals surface area (Å²) >= 11 is 0. The van der Waals surface area contributed by atoms with E-state index in [1.165, 1.54) is 5.56 Å². The molecule has 0 bridgehead atoms. The molecule has 1 fully saturated rings. The van der Waals surface area contributed by atoms with E-state index in [2.05, 4.69) is 33.1 Å². The number of carbonyl (C=O) groups excluding carboxylic acids is 2. The highest BCUT2D eigenvalue weighted by Gasteiger charge is 2.28. The Morgan fingerprint density at radius 3 is 2.73 bits per heavy atom. The van der Waals surface area contributed by atoms with Crippen molar-refractivity contribution in [3.05, 3.63) is 59.3 Å². The number of nitrogens with zero attached hydrogens (tertiary/aromatic N) is 1. The lowest BCUT2D eigenvalue weighted by Crippen LogP contribution is -2.53. The van der Waals surface area contributed by atoms with Crippen LogP contribution in [0.15, 0.2) is 42.5 Å². The Balaban J connectivity index is 1.47. The number of nitrogens with one attached hydrogen (secondary N) is 3. The van der Waals surface area contributed by atoms with Crippen molar-refractivity contribution < 1.29 is 9.59 Å². The summed E-state index contributed by atoms with van der Waals surface area (Å²) in [4.78, 5) is 29.3. The van der Waals surface area contributed by atoms with E-state index in [4.69, 9.17) is 5.73 Å². The molecule has 5 N–H and O–H groups in total. The predicted octanol–water partition coefficient (Wildman–Crippen LogP) is 1.70. The molecule has 1 aromatic heterocycles. The summed E-state index contributed by atoms with van der Waals surface area (Å²) in [5.41, 5.74) is 8.63. The van der Waals surface area contributed by atoms with Crippen molar-refractivity contribution in [1.82, 2.24) is 20.9 Å². The van der Waals surface area contributed by atoms with Gasteiger partial charge in [0.2, 0.25) is 11.8 Å². The Hall–Kier alpha value is -2.93. The highest BCUT2D eigenvalue weighted by Crippen LogP contribution is 2.21. The van der Waals surface area contributed by atoms with Gasteiger partial charge in [0.25, 0.3) is 0 Å². The van der Waals surface area contributed by atoms with Gasteiger partial charge in [-0.25, -0.2) is 4.98 Å². The number of nitrogens with two attached hydrogens (primary N) is 1. The van der Waals surface area contributed by atoms with Crippen LogP contribution in [0, 0.1) is 12.8 Å².